The second-order valence-corrected chi connectivity index (χ2v) is 10.2. The fourth-order valence-electron chi connectivity index (χ4n) is 4.49. The lowest BCUT2D eigenvalue weighted by atomic mass is 9.95. The molecule has 2 unspecified atom stereocenters. The van der Waals surface area contributed by atoms with Crippen molar-refractivity contribution in [2.45, 2.75) is 50.4 Å². The maximum absolute atomic E-state index is 13.8. The highest BCUT2D eigenvalue weighted by atomic mass is 32.1. The van der Waals surface area contributed by atoms with Gasteiger partial charge in [0.2, 0.25) is 0 Å². The van der Waals surface area contributed by atoms with Crippen LogP contribution in [-0.2, 0) is 12.8 Å². The van der Waals surface area contributed by atoms with Crippen molar-refractivity contribution in [1.29, 1.82) is 0 Å². The van der Waals surface area contributed by atoms with Gasteiger partial charge >= 0.3 is 6.18 Å². The molecule has 3 aromatic rings. The number of aromatic nitrogens is 2. The van der Waals surface area contributed by atoms with Gasteiger partial charge in [0, 0.05) is 16.2 Å². The minimum absolute atomic E-state index is 0.00131. The van der Waals surface area contributed by atoms with E-state index in [9.17, 15) is 22.8 Å². The Morgan fingerprint density at radius 1 is 1.27 bits per heavy atom. The van der Waals surface area contributed by atoms with Crippen molar-refractivity contribution < 1.29 is 22.8 Å². The molecule has 12 heteroatoms. The maximum Gasteiger partial charge on any atom is 0.410 e. The quantitative estimate of drug-likeness (QED) is 0.479. The van der Waals surface area contributed by atoms with Gasteiger partial charge in [-0.25, -0.2) is 4.68 Å². The van der Waals surface area contributed by atoms with Crippen molar-refractivity contribution in [2.24, 2.45) is 5.73 Å². The van der Waals surface area contributed by atoms with Crippen molar-refractivity contribution in [2.75, 3.05) is 10.6 Å². The predicted octanol–water partition coefficient (Wildman–Crippen LogP) is 4.90. The molecule has 33 heavy (non-hydrogen) atoms. The Morgan fingerprint density at radius 2 is 2.06 bits per heavy atom. The minimum atomic E-state index is -4.53. The number of primary amides is 1. The molecule has 0 saturated carbocycles. The van der Waals surface area contributed by atoms with E-state index in [1.54, 1.807) is 17.5 Å². The highest BCUT2D eigenvalue weighted by Crippen LogP contribution is 2.45. The van der Waals surface area contributed by atoms with Gasteiger partial charge in [-0.05, 0) is 42.7 Å². The molecule has 4 N–H and O–H groups in total. The van der Waals surface area contributed by atoms with E-state index in [0.717, 1.165) is 45.5 Å². The van der Waals surface area contributed by atoms with Crippen LogP contribution in [0.25, 0.3) is 0 Å². The number of nitrogens with zero attached hydrogens (tertiary/aromatic N) is 2. The van der Waals surface area contributed by atoms with Crippen molar-refractivity contribution in [3.63, 3.8) is 0 Å². The number of rotatable bonds is 4. The lowest BCUT2D eigenvalue weighted by molar-refractivity contribution is -0.173. The number of thiophene rings is 2. The molecule has 5 rings (SSSR count). The van der Waals surface area contributed by atoms with Crippen LogP contribution in [0.1, 0.15) is 67.4 Å². The van der Waals surface area contributed by atoms with Crippen LogP contribution in [0.5, 0.6) is 0 Å². The number of hydrogen-bond acceptors (Lipinski definition) is 6. The molecule has 2 amide bonds. The number of amides is 2. The standard InChI is InChI=1S/C21H20F3N5O2S2/c22-21(23,24)15-8-12(14-6-3-7-32-14)27-18-11(9-26-29(15)18)19(31)28-20-16(17(25)30)10-4-1-2-5-13(10)33-20/h3,6-7,9,12,15,27H,1-2,4-5,8H2,(H2,25,30)(H,28,31). The summed E-state index contributed by atoms with van der Waals surface area (Å²) in [4.78, 5) is 27.0. The van der Waals surface area contributed by atoms with E-state index in [1.807, 2.05) is 0 Å². The van der Waals surface area contributed by atoms with E-state index in [4.69, 9.17) is 5.73 Å². The van der Waals surface area contributed by atoms with Crippen LogP contribution < -0.4 is 16.4 Å². The fourth-order valence-corrected chi connectivity index (χ4v) is 6.57. The van der Waals surface area contributed by atoms with Crippen LogP contribution in [0.15, 0.2) is 23.7 Å². The highest BCUT2D eigenvalue weighted by Gasteiger charge is 2.47. The van der Waals surface area contributed by atoms with Crippen LogP contribution in [-0.4, -0.2) is 27.8 Å². The van der Waals surface area contributed by atoms with Gasteiger partial charge in [-0.2, -0.15) is 18.3 Å². The third-order valence-electron chi connectivity index (χ3n) is 6.01. The molecule has 0 spiro atoms. The van der Waals surface area contributed by atoms with Gasteiger partial charge in [0.25, 0.3) is 11.8 Å². The first kappa shape index (κ1) is 22.0. The molecule has 2 aliphatic rings. The average Bonchev–Trinajstić information content (AvgIpc) is 3.49. The number of aryl methyl sites for hydroxylation is 1. The van der Waals surface area contributed by atoms with Crippen molar-refractivity contribution in [3.8, 4) is 0 Å². The van der Waals surface area contributed by atoms with Crippen molar-refractivity contribution in [1.82, 2.24) is 9.78 Å². The number of hydrogen-bond donors (Lipinski definition) is 3. The Hall–Kier alpha value is -2.86. The van der Waals surface area contributed by atoms with E-state index in [2.05, 4.69) is 15.7 Å². The number of halogens is 3. The molecule has 174 valence electrons. The number of nitrogens with one attached hydrogen (secondary N) is 2. The van der Waals surface area contributed by atoms with Crippen molar-refractivity contribution in [3.05, 3.63) is 50.2 Å². The lowest BCUT2D eigenvalue weighted by Gasteiger charge is -2.33. The lowest BCUT2D eigenvalue weighted by Crippen LogP contribution is -2.36. The number of carbonyl (C=O) groups is 2. The molecule has 0 fully saturated rings. The first-order valence-corrected chi connectivity index (χ1v) is 12.1. The first-order valence-electron chi connectivity index (χ1n) is 10.4. The van der Waals surface area contributed by atoms with Gasteiger partial charge in [-0.3, -0.25) is 9.59 Å². The molecule has 7 nitrogen and oxygen atoms in total. The Morgan fingerprint density at radius 3 is 2.76 bits per heavy atom. The second kappa shape index (κ2) is 8.17. The summed E-state index contributed by atoms with van der Waals surface area (Å²) in [5, 5.41) is 11.8. The normalized spacial score (nSPS) is 20.0. The van der Waals surface area contributed by atoms with Gasteiger partial charge in [-0.15, -0.1) is 22.7 Å². The third-order valence-corrected chi connectivity index (χ3v) is 8.21. The smallest absolute Gasteiger partial charge is 0.365 e. The Bertz CT molecular complexity index is 1220. The average molecular weight is 496 g/mol. The van der Waals surface area contributed by atoms with Gasteiger partial charge < -0.3 is 16.4 Å². The molecular formula is C21H20F3N5O2S2. The molecule has 0 bridgehead atoms. The van der Waals surface area contributed by atoms with Crippen molar-refractivity contribution >= 4 is 45.3 Å². The van der Waals surface area contributed by atoms with Gasteiger partial charge in [0.15, 0.2) is 6.04 Å². The van der Waals surface area contributed by atoms with Crippen LogP contribution in [0, 0.1) is 0 Å². The monoisotopic (exact) mass is 495 g/mol. The minimum Gasteiger partial charge on any atom is -0.365 e. The summed E-state index contributed by atoms with van der Waals surface area (Å²) < 4.78 is 42.3. The molecule has 1 aliphatic heterocycles. The van der Waals surface area contributed by atoms with E-state index in [-0.39, 0.29) is 17.8 Å². The number of anilines is 2. The van der Waals surface area contributed by atoms with Gasteiger partial charge in [0.1, 0.15) is 16.4 Å². The summed E-state index contributed by atoms with van der Waals surface area (Å²) >= 11 is 2.64. The SMILES string of the molecule is NC(=O)c1c(NC(=O)c2cnn3c2NC(c2cccs2)CC3C(F)(F)F)sc2c1CCCC2. The summed E-state index contributed by atoms with van der Waals surface area (Å²) in [5.74, 6) is -1.27. The Labute approximate surface area is 194 Å². The molecule has 3 aromatic heterocycles. The van der Waals surface area contributed by atoms with Crippen LogP contribution in [0.2, 0.25) is 0 Å². The largest absolute Gasteiger partial charge is 0.410 e. The summed E-state index contributed by atoms with van der Waals surface area (Å²) in [6, 6.07) is 1.06. The Balaban J connectivity index is 1.50. The van der Waals surface area contributed by atoms with Gasteiger partial charge in [-0.1, -0.05) is 6.07 Å². The molecule has 4 heterocycles. The van der Waals surface area contributed by atoms with E-state index >= 15 is 0 Å². The third kappa shape index (κ3) is 3.90. The maximum atomic E-state index is 13.8. The van der Waals surface area contributed by atoms with Gasteiger partial charge in [0.05, 0.1) is 17.8 Å². The number of nitrogens with two attached hydrogens (primary N) is 1. The zero-order valence-corrected chi connectivity index (χ0v) is 18.9. The summed E-state index contributed by atoms with van der Waals surface area (Å²) in [6.07, 6.45) is -0.201. The number of alkyl halides is 3. The molecule has 0 aromatic carbocycles. The van der Waals surface area contributed by atoms with Crippen LogP contribution in [0.3, 0.4) is 0 Å². The van der Waals surface area contributed by atoms with E-state index in [0.29, 0.717) is 17.0 Å². The van der Waals surface area contributed by atoms with E-state index < -0.39 is 30.1 Å². The predicted molar refractivity (Wildman–Crippen MR) is 120 cm³/mol. The van der Waals surface area contributed by atoms with E-state index in [1.165, 1.54) is 22.7 Å². The highest BCUT2D eigenvalue weighted by molar-refractivity contribution is 7.17. The zero-order valence-electron chi connectivity index (χ0n) is 17.2. The number of fused-ring (bicyclic) bond motifs is 2. The summed E-state index contributed by atoms with van der Waals surface area (Å²) in [7, 11) is 0. The second-order valence-electron chi connectivity index (χ2n) is 8.09. The summed E-state index contributed by atoms with van der Waals surface area (Å²) in [6.45, 7) is 0. The topological polar surface area (TPSA) is 102 Å². The summed E-state index contributed by atoms with van der Waals surface area (Å²) in [5.41, 5.74) is 6.72. The fraction of sp³-hybridized carbons (Fsp3) is 0.381. The molecule has 1 aliphatic carbocycles. The number of carbonyl (C=O) groups excluding carboxylic acids is 2. The van der Waals surface area contributed by atoms with Crippen LogP contribution >= 0.6 is 22.7 Å². The molecule has 2 atom stereocenters. The Kier molecular flexibility index (Phi) is 5.44. The molecule has 0 saturated heterocycles. The first-order chi connectivity index (χ1) is 15.7. The molecule has 0 radical (unpaired) electrons. The molecular weight excluding hydrogens is 475 g/mol. The van der Waals surface area contributed by atoms with Crippen LogP contribution in [0.4, 0.5) is 24.0 Å². The zero-order chi connectivity index (χ0) is 23.3.